The monoisotopic (exact) mass is 321 g/mol. The average Bonchev–Trinajstić information content (AvgIpc) is 2.29. The van der Waals surface area contributed by atoms with E-state index in [1.165, 1.54) is 12.1 Å². The summed E-state index contributed by atoms with van der Waals surface area (Å²) < 4.78 is 41.8. The number of carbonyl (C=O) groups excluding carboxylic acids is 1. The number of aliphatic hydroxyl groups is 1. The summed E-state index contributed by atoms with van der Waals surface area (Å²) in [6.45, 7) is 4.98. The van der Waals surface area contributed by atoms with Crippen LogP contribution in [-0.4, -0.2) is 34.2 Å². The number of hydrogen-bond acceptors (Lipinski definition) is 4. The van der Waals surface area contributed by atoms with Crippen molar-refractivity contribution in [2.24, 2.45) is 0 Å². The highest BCUT2D eigenvalue weighted by Crippen LogP contribution is 2.28. The van der Waals surface area contributed by atoms with Gasteiger partial charge in [0.25, 0.3) is 0 Å². The van der Waals surface area contributed by atoms with Crippen LogP contribution in [0, 0.1) is 0 Å². The maximum atomic E-state index is 12.3. The zero-order valence-electron chi connectivity index (χ0n) is 12.4. The number of aliphatic hydroxyl groups excluding tert-OH is 1. The minimum atomic E-state index is -4.73. The number of rotatable bonds is 3. The van der Waals surface area contributed by atoms with Crippen LogP contribution in [0.4, 0.5) is 23.7 Å². The van der Waals surface area contributed by atoms with E-state index in [0.29, 0.717) is 0 Å². The highest BCUT2D eigenvalue weighted by Gasteiger charge is 2.38. The molecule has 1 rings (SSSR count). The molecule has 1 atom stereocenters. The van der Waals surface area contributed by atoms with Gasteiger partial charge in [0.15, 0.2) is 6.10 Å². The molecule has 124 valence electrons. The number of alkyl halides is 3. The number of anilines is 1. The van der Waals surface area contributed by atoms with Gasteiger partial charge in [0, 0.05) is 6.42 Å². The summed E-state index contributed by atoms with van der Waals surface area (Å²) >= 11 is 0. The van der Waals surface area contributed by atoms with Crippen LogP contribution in [0.2, 0.25) is 0 Å². The molecule has 22 heavy (non-hydrogen) atoms. The van der Waals surface area contributed by atoms with Gasteiger partial charge in [-0.15, -0.1) is 0 Å². The fourth-order valence-corrected chi connectivity index (χ4v) is 1.56. The molecular weight excluding hydrogens is 303 g/mol. The normalized spacial score (nSPS) is 13.6. The van der Waals surface area contributed by atoms with Crippen molar-refractivity contribution >= 4 is 11.8 Å². The number of nitrogens with one attached hydrogen (secondary N) is 1. The van der Waals surface area contributed by atoms with Crippen molar-refractivity contribution < 1.29 is 32.9 Å². The molecule has 0 aromatic heterocycles. The largest absolute Gasteiger partial charge is 0.506 e. The molecule has 0 saturated carbocycles. The van der Waals surface area contributed by atoms with Gasteiger partial charge in [-0.25, -0.2) is 4.79 Å². The second-order valence-corrected chi connectivity index (χ2v) is 5.74. The summed E-state index contributed by atoms with van der Waals surface area (Å²) in [4.78, 5) is 11.5. The number of benzene rings is 1. The van der Waals surface area contributed by atoms with Crippen molar-refractivity contribution in [3.63, 3.8) is 0 Å². The lowest BCUT2D eigenvalue weighted by Gasteiger charge is -2.20. The maximum Gasteiger partial charge on any atom is 0.414 e. The first kappa shape index (κ1) is 18.1. The van der Waals surface area contributed by atoms with Crippen molar-refractivity contribution in [3.8, 4) is 5.75 Å². The van der Waals surface area contributed by atoms with E-state index in [4.69, 9.17) is 9.84 Å². The Morgan fingerprint density at radius 1 is 1.32 bits per heavy atom. The molecule has 1 unspecified atom stereocenters. The first-order valence-electron chi connectivity index (χ1n) is 6.45. The lowest BCUT2D eigenvalue weighted by molar-refractivity contribution is -0.203. The Balaban J connectivity index is 2.76. The molecule has 1 amide bonds. The van der Waals surface area contributed by atoms with E-state index in [-0.39, 0.29) is 11.3 Å². The molecule has 1 aromatic rings. The zero-order valence-corrected chi connectivity index (χ0v) is 12.4. The minimum Gasteiger partial charge on any atom is -0.506 e. The first-order chi connectivity index (χ1) is 9.88. The molecule has 0 heterocycles. The number of carbonyl (C=O) groups is 1. The fraction of sp³-hybridized carbons (Fsp3) is 0.500. The number of amides is 1. The number of phenolic OH excluding ortho intramolecular Hbond substituents is 1. The molecule has 0 aliphatic rings. The molecule has 1 aromatic carbocycles. The molecule has 0 aliphatic carbocycles. The van der Waals surface area contributed by atoms with Crippen LogP contribution in [0.1, 0.15) is 26.3 Å². The lowest BCUT2D eigenvalue weighted by atomic mass is 10.1. The summed E-state index contributed by atoms with van der Waals surface area (Å²) in [5, 5.41) is 21.0. The Labute approximate surface area is 125 Å². The zero-order chi connectivity index (χ0) is 17.1. The SMILES string of the molecule is CC(C)(C)OC(=O)Nc1ccc(CC(O)C(F)(F)F)cc1O. The summed E-state index contributed by atoms with van der Waals surface area (Å²) in [7, 11) is 0. The number of hydrogen-bond donors (Lipinski definition) is 3. The van der Waals surface area contributed by atoms with E-state index >= 15 is 0 Å². The number of aromatic hydroxyl groups is 1. The third-order valence-corrected chi connectivity index (χ3v) is 2.50. The molecule has 0 radical (unpaired) electrons. The highest BCUT2D eigenvalue weighted by atomic mass is 19.4. The molecule has 0 spiro atoms. The van der Waals surface area contributed by atoms with Crippen molar-refractivity contribution in [2.45, 2.75) is 45.1 Å². The highest BCUT2D eigenvalue weighted by molar-refractivity contribution is 5.86. The number of halogens is 3. The molecule has 3 N–H and O–H groups in total. The number of phenols is 1. The van der Waals surface area contributed by atoms with Crippen molar-refractivity contribution in [1.82, 2.24) is 0 Å². The van der Waals surface area contributed by atoms with E-state index in [9.17, 15) is 23.1 Å². The predicted molar refractivity (Wildman–Crippen MR) is 73.7 cm³/mol. The Kier molecular flexibility index (Phi) is 5.29. The Hall–Kier alpha value is -1.96. The molecule has 5 nitrogen and oxygen atoms in total. The molecule has 0 aliphatic heterocycles. The van der Waals surface area contributed by atoms with Gasteiger partial charge in [-0.05, 0) is 38.5 Å². The maximum absolute atomic E-state index is 12.3. The molecule has 8 heteroatoms. The minimum absolute atomic E-state index is 0.000464. The van der Waals surface area contributed by atoms with Crippen LogP contribution < -0.4 is 5.32 Å². The fourth-order valence-electron chi connectivity index (χ4n) is 1.56. The lowest BCUT2D eigenvalue weighted by Crippen LogP contribution is -2.30. The summed E-state index contributed by atoms with van der Waals surface area (Å²) in [6.07, 6.45) is -8.74. The summed E-state index contributed by atoms with van der Waals surface area (Å²) in [5.74, 6) is -0.419. The molecule has 0 saturated heterocycles. The summed E-state index contributed by atoms with van der Waals surface area (Å²) in [6, 6.07) is 3.54. The van der Waals surface area contributed by atoms with E-state index in [1.807, 2.05) is 0 Å². The molecular formula is C14H18F3NO4. The van der Waals surface area contributed by atoms with Crippen LogP contribution >= 0.6 is 0 Å². The van der Waals surface area contributed by atoms with Crippen LogP contribution in [-0.2, 0) is 11.2 Å². The Bertz CT molecular complexity index is 538. The van der Waals surface area contributed by atoms with E-state index in [2.05, 4.69) is 5.32 Å². The second kappa shape index (κ2) is 6.43. The average molecular weight is 321 g/mol. The van der Waals surface area contributed by atoms with Gasteiger partial charge in [-0.3, -0.25) is 5.32 Å². The van der Waals surface area contributed by atoms with Crippen molar-refractivity contribution in [3.05, 3.63) is 23.8 Å². The first-order valence-corrected chi connectivity index (χ1v) is 6.45. The van der Waals surface area contributed by atoms with Gasteiger partial charge >= 0.3 is 12.3 Å². The quantitative estimate of drug-likeness (QED) is 0.747. The van der Waals surface area contributed by atoms with E-state index in [1.54, 1.807) is 20.8 Å². The van der Waals surface area contributed by atoms with Crippen LogP contribution in [0.25, 0.3) is 0 Å². The van der Waals surface area contributed by atoms with Gasteiger partial charge in [-0.1, -0.05) is 6.07 Å². The Morgan fingerprint density at radius 2 is 1.91 bits per heavy atom. The van der Waals surface area contributed by atoms with Gasteiger partial charge in [0.05, 0.1) is 5.69 Å². The predicted octanol–water partition coefficient (Wildman–Crippen LogP) is 3.20. The van der Waals surface area contributed by atoms with Crippen LogP contribution in [0.5, 0.6) is 5.75 Å². The van der Waals surface area contributed by atoms with Gasteiger partial charge in [0.1, 0.15) is 11.4 Å². The third-order valence-electron chi connectivity index (χ3n) is 2.50. The summed E-state index contributed by atoms with van der Waals surface area (Å²) in [5.41, 5.74) is -0.646. The molecule has 0 bridgehead atoms. The smallest absolute Gasteiger partial charge is 0.414 e. The van der Waals surface area contributed by atoms with Crippen LogP contribution in [0.3, 0.4) is 0 Å². The third kappa shape index (κ3) is 5.80. The molecule has 0 fully saturated rings. The van der Waals surface area contributed by atoms with E-state index in [0.717, 1.165) is 6.07 Å². The standard InChI is InChI=1S/C14H18F3NO4/c1-13(2,3)22-12(21)18-9-5-4-8(6-10(9)19)7-11(20)14(15,16)17/h4-6,11,19-20H,7H2,1-3H3,(H,18,21). The van der Waals surface area contributed by atoms with E-state index < -0.39 is 36.1 Å². The van der Waals surface area contributed by atoms with Crippen molar-refractivity contribution in [1.29, 1.82) is 0 Å². The Morgan fingerprint density at radius 3 is 2.36 bits per heavy atom. The van der Waals surface area contributed by atoms with Gasteiger partial charge < -0.3 is 14.9 Å². The topological polar surface area (TPSA) is 78.8 Å². The van der Waals surface area contributed by atoms with Gasteiger partial charge in [0.2, 0.25) is 0 Å². The van der Waals surface area contributed by atoms with Crippen LogP contribution in [0.15, 0.2) is 18.2 Å². The van der Waals surface area contributed by atoms with Crippen molar-refractivity contribution in [2.75, 3.05) is 5.32 Å². The van der Waals surface area contributed by atoms with Gasteiger partial charge in [-0.2, -0.15) is 13.2 Å². The second-order valence-electron chi connectivity index (χ2n) is 5.74. The number of ether oxygens (including phenoxy) is 1.